The zero-order valence-corrected chi connectivity index (χ0v) is 16.7. The first kappa shape index (κ1) is 17.9. The molecule has 2 aliphatic rings. The van der Waals surface area contributed by atoms with Crippen molar-refractivity contribution in [1.29, 1.82) is 0 Å². The third-order valence-electron chi connectivity index (χ3n) is 5.84. The number of aromatic nitrogens is 4. The van der Waals surface area contributed by atoms with Crippen LogP contribution < -0.4 is 10.2 Å². The molecule has 1 N–H and O–H groups in total. The van der Waals surface area contributed by atoms with E-state index >= 15 is 0 Å². The van der Waals surface area contributed by atoms with E-state index in [0.717, 1.165) is 49.3 Å². The summed E-state index contributed by atoms with van der Waals surface area (Å²) in [6, 6.07) is 8.21. The van der Waals surface area contributed by atoms with Gasteiger partial charge in [0.05, 0.1) is 11.2 Å². The zero-order valence-electron chi connectivity index (χ0n) is 15.9. The van der Waals surface area contributed by atoms with Crippen LogP contribution in [0.1, 0.15) is 25.3 Å². The first-order chi connectivity index (χ1) is 13.6. The number of rotatable bonds is 5. The molecule has 6 nitrogen and oxygen atoms in total. The van der Waals surface area contributed by atoms with E-state index in [4.69, 9.17) is 0 Å². The highest BCUT2D eigenvalue weighted by Crippen LogP contribution is 2.48. The first-order valence-corrected chi connectivity index (χ1v) is 10.4. The molecule has 28 heavy (non-hydrogen) atoms. The summed E-state index contributed by atoms with van der Waals surface area (Å²) >= 11 is 0.110. The Morgan fingerprint density at radius 1 is 1.18 bits per heavy atom. The van der Waals surface area contributed by atoms with Gasteiger partial charge in [0.15, 0.2) is 12.3 Å². The lowest BCUT2D eigenvalue weighted by molar-refractivity contribution is 0.571. The van der Waals surface area contributed by atoms with Crippen molar-refractivity contribution in [2.75, 3.05) is 31.1 Å². The molecule has 1 aromatic carbocycles. The van der Waals surface area contributed by atoms with Crippen molar-refractivity contribution in [2.45, 2.75) is 26.2 Å². The van der Waals surface area contributed by atoms with Crippen LogP contribution in [-0.4, -0.2) is 45.3 Å². The quantitative estimate of drug-likeness (QED) is 0.708. The molecule has 1 saturated carbocycles. The van der Waals surface area contributed by atoms with Gasteiger partial charge in [-0.15, -0.1) is 3.89 Å². The topological polar surface area (TPSA) is 58.9 Å². The smallest absolute Gasteiger partial charge is 0.188 e. The Morgan fingerprint density at radius 2 is 2.00 bits per heavy atom. The van der Waals surface area contributed by atoms with Gasteiger partial charge >= 0.3 is 0 Å². The molecule has 8 heteroatoms. The fourth-order valence-electron chi connectivity index (χ4n) is 3.93. The number of fused-ring (bicyclic) bond motifs is 1. The van der Waals surface area contributed by atoms with Gasteiger partial charge in [0.2, 0.25) is 0 Å². The maximum absolute atomic E-state index is 13.7. The largest absolute Gasteiger partial charge is 0.354 e. The van der Waals surface area contributed by atoms with E-state index in [-0.39, 0.29) is 12.3 Å². The van der Waals surface area contributed by atoms with Crippen LogP contribution in [-0.2, 0) is 6.42 Å². The number of anilines is 1. The SMILES string of the molecule is CC1(Cc2ccc3nn(SF)c(-c4cc(N5CCNCC5)ncn4)c3c2)CC1. The van der Waals surface area contributed by atoms with Gasteiger partial charge < -0.3 is 10.2 Å². The molecule has 0 amide bonds. The van der Waals surface area contributed by atoms with Crippen molar-refractivity contribution >= 4 is 29.1 Å². The van der Waals surface area contributed by atoms with Gasteiger partial charge in [-0.3, -0.25) is 0 Å². The molecule has 0 unspecified atom stereocenters. The Kier molecular flexibility index (Phi) is 4.47. The van der Waals surface area contributed by atoms with Crippen LogP contribution >= 0.6 is 12.3 Å². The van der Waals surface area contributed by atoms with Gasteiger partial charge in [0.1, 0.15) is 17.8 Å². The molecule has 3 aromatic rings. The standard InChI is InChI=1S/C20H23FN6S/c1-20(4-5-20)12-14-2-3-16-15(10-14)19(27(25-16)28-21)17-11-18(24-13-23-17)26-8-6-22-7-9-26/h2-3,10-11,13,22H,4-9,12H2,1H3. The lowest BCUT2D eigenvalue weighted by atomic mass is 9.97. The van der Waals surface area contributed by atoms with E-state index in [1.807, 2.05) is 12.1 Å². The lowest BCUT2D eigenvalue weighted by Crippen LogP contribution is -2.43. The highest BCUT2D eigenvalue weighted by Gasteiger charge is 2.37. The van der Waals surface area contributed by atoms with Gasteiger partial charge in [0.25, 0.3) is 0 Å². The summed E-state index contributed by atoms with van der Waals surface area (Å²) in [6.07, 6.45) is 5.16. The molecule has 146 valence electrons. The molecule has 2 aromatic heterocycles. The van der Waals surface area contributed by atoms with Crippen LogP contribution in [0.2, 0.25) is 0 Å². The van der Waals surface area contributed by atoms with Gasteiger partial charge in [-0.05, 0) is 42.4 Å². The minimum absolute atomic E-state index is 0.110. The highest BCUT2D eigenvalue weighted by molar-refractivity contribution is 7.92. The molecular weight excluding hydrogens is 375 g/mol. The molecular formula is C20H23FN6S. The summed E-state index contributed by atoms with van der Waals surface area (Å²) < 4.78 is 15.0. The van der Waals surface area contributed by atoms with Crippen molar-refractivity contribution in [3.63, 3.8) is 0 Å². The molecule has 0 atom stereocenters. The second-order valence-electron chi connectivity index (χ2n) is 8.13. The summed E-state index contributed by atoms with van der Waals surface area (Å²) in [5, 5.41) is 8.71. The number of benzene rings is 1. The van der Waals surface area contributed by atoms with Gasteiger partial charge in [-0.25, -0.2) is 9.97 Å². The number of nitrogens with zero attached hydrogens (tertiary/aromatic N) is 5. The van der Waals surface area contributed by atoms with Gasteiger partial charge in [0, 0.05) is 37.6 Å². The number of piperazine rings is 1. The Bertz CT molecular complexity index is 1010. The third kappa shape index (κ3) is 3.35. The highest BCUT2D eigenvalue weighted by atomic mass is 32.2. The molecule has 0 bridgehead atoms. The molecule has 1 saturated heterocycles. The molecule has 1 aliphatic carbocycles. The minimum Gasteiger partial charge on any atom is -0.354 e. The average molecular weight is 399 g/mol. The molecule has 3 heterocycles. The Balaban J connectivity index is 1.57. The first-order valence-electron chi connectivity index (χ1n) is 9.74. The van der Waals surface area contributed by atoms with Crippen LogP contribution in [0.25, 0.3) is 22.3 Å². The fraction of sp³-hybridized carbons (Fsp3) is 0.450. The summed E-state index contributed by atoms with van der Waals surface area (Å²) in [5.74, 6) is 0.873. The summed E-state index contributed by atoms with van der Waals surface area (Å²) in [7, 11) is 0. The van der Waals surface area contributed by atoms with Crippen LogP contribution in [0, 0.1) is 5.41 Å². The number of halogens is 1. The van der Waals surface area contributed by atoms with Crippen molar-refractivity contribution in [3.05, 3.63) is 36.2 Å². The number of hydrogen-bond acceptors (Lipinski definition) is 6. The lowest BCUT2D eigenvalue weighted by Gasteiger charge is -2.28. The van der Waals surface area contributed by atoms with E-state index in [0.29, 0.717) is 16.8 Å². The summed E-state index contributed by atoms with van der Waals surface area (Å²) in [5.41, 5.74) is 3.87. The zero-order chi connectivity index (χ0) is 19.1. The van der Waals surface area contributed by atoms with E-state index in [9.17, 15) is 3.89 Å². The van der Waals surface area contributed by atoms with E-state index < -0.39 is 0 Å². The second-order valence-corrected chi connectivity index (χ2v) is 8.61. The molecule has 0 radical (unpaired) electrons. The molecule has 5 rings (SSSR count). The Morgan fingerprint density at radius 3 is 2.75 bits per heavy atom. The van der Waals surface area contributed by atoms with Crippen molar-refractivity contribution in [1.82, 2.24) is 24.5 Å². The minimum atomic E-state index is 0.110. The third-order valence-corrected chi connectivity index (χ3v) is 6.24. The Hall–Kier alpha value is -2.19. The summed E-state index contributed by atoms with van der Waals surface area (Å²) in [4.78, 5) is 11.1. The maximum atomic E-state index is 13.7. The normalized spacial score (nSPS) is 18.6. The average Bonchev–Trinajstić information content (AvgIpc) is 3.34. The predicted molar refractivity (Wildman–Crippen MR) is 111 cm³/mol. The molecule has 2 fully saturated rings. The maximum Gasteiger partial charge on any atom is 0.188 e. The monoisotopic (exact) mass is 398 g/mol. The van der Waals surface area contributed by atoms with E-state index in [1.165, 1.54) is 22.5 Å². The Labute approximate surface area is 168 Å². The van der Waals surface area contributed by atoms with Crippen molar-refractivity contribution < 1.29 is 3.89 Å². The number of hydrogen-bond donors (Lipinski definition) is 1. The second kappa shape index (κ2) is 7.00. The van der Waals surface area contributed by atoms with Gasteiger partial charge in [-0.1, -0.05) is 13.0 Å². The molecule has 1 aliphatic heterocycles. The van der Waals surface area contributed by atoms with Crippen LogP contribution in [0.4, 0.5) is 9.70 Å². The van der Waals surface area contributed by atoms with Crippen LogP contribution in [0.15, 0.2) is 30.6 Å². The van der Waals surface area contributed by atoms with E-state index in [2.05, 4.69) is 44.3 Å². The summed E-state index contributed by atoms with van der Waals surface area (Å²) in [6.45, 7) is 5.99. The van der Waals surface area contributed by atoms with Gasteiger partial charge in [-0.2, -0.15) is 9.19 Å². The van der Waals surface area contributed by atoms with Crippen LogP contribution in [0.3, 0.4) is 0 Å². The van der Waals surface area contributed by atoms with Crippen LogP contribution in [0.5, 0.6) is 0 Å². The number of nitrogens with one attached hydrogen (secondary N) is 1. The van der Waals surface area contributed by atoms with Crippen molar-refractivity contribution in [2.24, 2.45) is 5.41 Å². The van der Waals surface area contributed by atoms with E-state index in [1.54, 1.807) is 6.33 Å². The fourth-order valence-corrected chi connectivity index (χ4v) is 4.31. The predicted octanol–water partition coefficient (Wildman–Crippen LogP) is 3.63. The van der Waals surface area contributed by atoms with Crippen molar-refractivity contribution in [3.8, 4) is 11.4 Å². The molecule has 0 spiro atoms.